The summed E-state index contributed by atoms with van der Waals surface area (Å²) < 4.78 is 41.3. The van der Waals surface area contributed by atoms with E-state index in [-0.39, 0.29) is 17.9 Å². The van der Waals surface area contributed by atoms with Gasteiger partial charge in [-0.25, -0.2) is 0 Å². The number of hydrogen-bond donors (Lipinski definition) is 1. The Morgan fingerprint density at radius 2 is 1.72 bits per heavy atom. The molecular formula is C27H24F3NS. The van der Waals surface area contributed by atoms with E-state index in [0.29, 0.717) is 5.56 Å². The van der Waals surface area contributed by atoms with Crippen molar-refractivity contribution in [1.29, 1.82) is 0 Å². The van der Waals surface area contributed by atoms with Crippen molar-refractivity contribution in [2.45, 2.75) is 42.1 Å². The minimum absolute atomic E-state index is 0.0717. The molecule has 0 fully saturated rings. The summed E-state index contributed by atoms with van der Waals surface area (Å²) in [5.74, 6) is 1.06. The van der Waals surface area contributed by atoms with E-state index in [4.69, 9.17) is 0 Å². The van der Waals surface area contributed by atoms with Crippen molar-refractivity contribution < 1.29 is 13.2 Å². The van der Waals surface area contributed by atoms with Crippen LogP contribution in [0.4, 0.5) is 18.9 Å². The van der Waals surface area contributed by atoms with Crippen molar-refractivity contribution in [1.82, 2.24) is 0 Å². The Bertz CT molecular complexity index is 1150. The Balaban J connectivity index is 1.50. The van der Waals surface area contributed by atoms with Gasteiger partial charge in [0.25, 0.3) is 0 Å². The number of hydrogen-bond acceptors (Lipinski definition) is 2. The van der Waals surface area contributed by atoms with Crippen LogP contribution in [0, 0.1) is 12.8 Å². The number of aryl methyl sites for hydroxylation is 1. The van der Waals surface area contributed by atoms with Crippen LogP contribution < -0.4 is 5.32 Å². The highest BCUT2D eigenvalue weighted by Crippen LogP contribution is 2.52. The number of fused-ring (bicyclic) bond motifs is 3. The average Bonchev–Trinajstić information content (AvgIpc) is 3.28. The predicted octanol–water partition coefficient (Wildman–Crippen LogP) is 8.13. The Morgan fingerprint density at radius 3 is 2.50 bits per heavy atom. The molecule has 0 spiro atoms. The highest BCUT2D eigenvalue weighted by atomic mass is 32.2. The maximum absolute atomic E-state index is 13.8. The van der Waals surface area contributed by atoms with Crippen molar-refractivity contribution in [3.63, 3.8) is 0 Å². The maximum atomic E-state index is 13.8. The van der Waals surface area contributed by atoms with E-state index < -0.39 is 11.7 Å². The molecule has 0 amide bonds. The van der Waals surface area contributed by atoms with Crippen molar-refractivity contribution in [2.75, 3.05) is 5.32 Å². The predicted molar refractivity (Wildman–Crippen MR) is 125 cm³/mol. The fourth-order valence-electron chi connectivity index (χ4n) is 5.06. The van der Waals surface area contributed by atoms with Gasteiger partial charge in [-0.15, -0.1) is 11.8 Å². The van der Waals surface area contributed by atoms with Crippen LogP contribution in [0.5, 0.6) is 0 Å². The van der Waals surface area contributed by atoms with Crippen molar-refractivity contribution in [3.05, 3.63) is 107 Å². The zero-order chi connectivity index (χ0) is 22.3. The SMILES string of the molecule is Cc1cc(CSc2ccccc2)cc2c1N[C@H](c1ccccc1C(F)(F)F)[C@H]1CC=C[C@H]21. The first-order valence-corrected chi connectivity index (χ1v) is 11.8. The van der Waals surface area contributed by atoms with Crippen LogP contribution in [-0.2, 0) is 11.9 Å². The van der Waals surface area contributed by atoms with E-state index in [2.05, 4.69) is 41.7 Å². The normalized spacial score (nSPS) is 21.7. The third kappa shape index (κ3) is 3.95. The van der Waals surface area contributed by atoms with Crippen molar-refractivity contribution in [2.24, 2.45) is 5.92 Å². The minimum atomic E-state index is -4.37. The van der Waals surface area contributed by atoms with Gasteiger partial charge in [0.2, 0.25) is 0 Å². The summed E-state index contributed by atoms with van der Waals surface area (Å²) in [5.41, 5.74) is 4.30. The lowest BCUT2D eigenvalue weighted by molar-refractivity contribution is -0.138. The van der Waals surface area contributed by atoms with E-state index in [1.165, 1.54) is 28.2 Å². The van der Waals surface area contributed by atoms with E-state index in [1.807, 2.05) is 25.1 Å². The van der Waals surface area contributed by atoms with Gasteiger partial charge in [-0.1, -0.05) is 60.7 Å². The number of benzene rings is 3. The van der Waals surface area contributed by atoms with Crippen molar-refractivity contribution in [3.8, 4) is 0 Å². The fourth-order valence-corrected chi connectivity index (χ4v) is 5.91. The Morgan fingerprint density at radius 1 is 0.969 bits per heavy atom. The Hall–Kier alpha value is -2.66. The first-order valence-electron chi connectivity index (χ1n) is 10.8. The number of alkyl halides is 3. The zero-order valence-corrected chi connectivity index (χ0v) is 18.5. The molecule has 5 heteroatoms. The smallest absolute Gasteiger partial charge is 0.377 e. The number of nitrogens with one attached hydrogen (secondary N) is 1. The lowest BCUT2D eigenvalue weighted by Gasteiger charge is -2.39. The highest BCUT2D eigenvalue weighted by molar-refractivity contribution is 7.98. The van der Waals surface area contributed by atoms with Gasteiger partial charge in [-0.2, -0.15) is 13.2 Å². The quantitative estimate of drug-likeness (QED) is 0.317. The molecule has 32 heavy (non-hydrogen) atoms. The summed E-state index contributed by atoms with van der Waals surface area (Å²) in [5, 5.41) is 3.52. The first kappa shape index (κ1) is 21.2. The summed E-state index contributed by atoms with van der Waals surface area (Å²) in [7, 11) is 0. The van der Waals surface area contributed by atoms with Crippen LogP contribution in [0.15, 0.2) is 83.8 Å². The van der Waals surface area contributed by atoms with Gasteiger partial charge in [0.1, 0.15) is 0 Å². The summed E-state index contributed by atoms with van der Waals surface area (Å²) in [6, 6.07) is 20.3. The molecule has 1 aliphatic heterocycles. The molecule has 3 aromatic rings. The number of anilines is 1. The zero-order valence-electron chi connectivity index (χ0n) is 17.7. The average molecular weight is 452 g/mol. The Labute approximate surface area is 190 Å². The second kappa shape index (κ2) is 8.36. The second-order valence-electron chi connectivity index (χ2n) is 8.54. The summed E-state index contributed by atoms with van der Waals surface area (Å²) in [6.45, 7) is 2.05. The molecular weight excluding hydrogens is 427 g/mol. The molecule has 5 rings (SSSR count). The molecule has 0 unspecified atom stereocenters. The molecule has 3 atom stereocenters. The second-order valence-corrected chi connectivity index (χ2v) is 9.59. The molecule has 1 N–H and O–H groups in total. The summed E-state index contributed by atoms with van der Waals surface area (Å²) >= 11 is 1.80. The third-order valence-electron chi connectivity index (χ3n) is 6.48. The van der Waals surface area contributed by atoms with Crippen molar-refractivity contribution >= 4 is 17.4 Å². The lowest BCUT2D eigenvalue weighted by atomic mass is 9.75. The molecule has 0 radical (unpaired) electrons. The van der Waals surface area contributed by atoms with Gasteiger partial charge < -0.3 is 5.32 Å². The number of thioether (sulfide) groups is 1. The first-order chi connectivity index (χ1) is 15.4. The van der Waals surface area contributed by atoms with E-state index >= 15 is 0 Å². The fraction of sp³-hybridized carbons (Fsp3) is 0.259. The summed E-state index contributed by atoms with van der Waals surface area (Å²) in [6.07, 6.45) is 0.709. The summed E-state index contributed by atoms with van der Waals surface area (Å²) in [4.78, 5) is 1.23. The number of rotatable bonds is 4. The molecule has 1 aliphatic carbocycles. The van der Waals surface area contributed by atoms with Crippen LogP contribution in [0.3, 0.4) is 0 Å². The molecule has 3 aromatic carbocycles. The van der Waals surface area contributed by atoms with E-state index in [0.717, 1.165) is 23.4 Å². The van der Waals surface area contributed by atoms with Gasteiger partial charge in [0.15, 0.2) is 0 Å². The molecule has 0 aromatic heterocycles. The maximum Gasteiger partial charge on any atom is 0.416 e. The van der Waals surface area contributed by atoms with Gasteiger partial charge in [0, 0.05) is 22.3 Å². The van der Waals surface area contributed by atoms with E-state index in [1.54, 1.807) is 23.9 Å². The van der Waals surface area contributed by atoms with E-state index in [9.17, 15) is 13.2 Å². The molecule has 1 heterocycles. The molecule has 0 saturated carbocycles. The lowest BCUT2D eigenvalue weighted by Crippen LogP contribution is -2.31. The number of halogens is 3. The monoisotopic (exact) mass is 451 g/mol. The van der Waals surface area contributed by atoms with Crippen LogP contribution in [0.25, 0.3) is 0 Å². The minimum Gasteiger partial charge on any atom is -0.377 e. The van der Waals surface area contributed by atoms with Crippen LogP contribution >= 0.6 is 11.8 Å². The topological polar surface area (TPSA) is 12.0 Å². The molecule has 1 nitrogen and oxygen atoms in total. The van der Waals surface area contributed by atoms with Crippen LogP contribution in [-0.4, -0.2) is 0 Å². The molecule has 2 aliphatic rings. The molecule has 0 saturated heterocycles. The highest BCUT2D eigenvalue weighted by Gasteiger charge is 2.42. The molecule has 164 valence electrons. The van der Waals surface area contributed by atoms with Crippen LogP contribution in [0.2, 0.25) is 0 Å². The van der Waals surface area contributed by atoms with Crippen LogP contribution in [0.1, 0.15) is 46.2 Å². The Kier molecular flexibility index (Phi) is 5.54. The standard InChI is InChI=1S/C27H24F3NS/c1-17-14-18(16-32-19-8-3-2-4-9-19)15-23-20-11-7-12-21(20)26(31-25(17)23)22-10-5-6-13-24(22)27(28,29)30/h2-11,13-15,20-21,26,31H,12,16H2,1H3/t20-,21-,26-/m0/s1. The largest absolute Gasteiger partial charge is 0.416 e. The van der Waals surface area contributed by atoms with Gasteiger partial charge >= 0.3 is 6.18 Å². The number of allylic oxidation sites excluding steroid dienone is 2. The van der Waals surface area contributed by atoms with Gasteiger partial charge in [-0.05, 0) is 59.7 Å². The molecule has 0 bridgehead atoms. The third-order valence-corrected chi connectivity index (χ3v) is 7.56. The van der Waals surface area contributed by atoms with Gasteiger partial charge in [0.05, 0.1) is 11.6 Å². The van der Waals surface area contributed by atoms with Gasteiger partial charge in [-0.3, -0.25) is 0 Å².